The summed E-state index contributed by atoms with van der Waals surface area (Å²) in [6.07, 6.45) is 1.05. The van der Waals surface area contributed by atoms with Crippen LogP contribution in [0.5, 0.6) is 0 Å². The van der Waals surface area contributed by atoms with Crippen LogP contribution in [0.25, 0.3) is 0 Å². The molecule has 4 amide bonds. The van der Waals surface area contributed by atoms with Crippen molar-refractivity contribution in [3.8, 4) is 0 Å². The number of nitrogens with one attached hydrogen (secondary N) is 3. The second kappa shape index (κ2) is 14.6. The monoisotopic (exact) mass is 434 g/mol. The van der Waals surface area contributed by atoms with Crippen molar-refractivity contribution in [3.05, 3.63) is 0 Å². The van der Waals surface area contributed by atoms with Crippen molar-refractivity contribution < 1.29 is 29.1 Å². The van der Waals surface area contributed by atoms with E-state index >= 15 is 0 Å². The van der Waals surface area contributed by atoms with Gasteiger partial charge in [-0.15, -0.1) is 0 Å². The van der Waals surface area contributed by atoms with Gasteiger partial charge in [0.05, 0.1) is 6.54 Å². The summed E-state index contributed by atoms with van der Waals surface area (Å²) in [6.45, 7) is 0.111. The summed E-state index contributed by atoms with van der Waals surface area (Å²) in [6, 6.07) is -3.45. The molecule has 0 aliphatic carbocycles. The Morgan fingerprint density at radius 3 is 1.93 bits per heavy atom. The zero-order valence-corrected chi connectivity index (χ0v) is 17.0. The van der Waals surface area contributed by atoms with E-state index in [9.17, 15) is 24.0 Å². The van der Waals surface area contributed by atoms with Crippen LogP contribution in [0, 0.1) is 0 Å². The Kier molecular flexibility index (Phi) is 13.4. The zero-order chi connectivity index (χ0) is 22.4. The predicted octanol–water partition coefficient (Wildman–Crippen LogP) is -3.19. The van der Waals surface area contributed by atoms with E-state index in [0.29, 0.717) is 19.4 Å². The Balaban J connectivity index is 5.03. The van der Waals surface area contributed by atoms with E-state index in [0.717, 1.165) is 0 Å². The molecule has 0 aliphatic heterocycles. The van der Waals surface area contributed by atoms with E-state index in [4.69, 9.17) is 22.3 Å². The number of rotatable bonds is 15. The van der Waals surface area contributed by atoms with Gasteiger partial charge in [0.25, 0.3) is 0 Å². The molecule has 0 aliphatic rings. The van der Waals surface area contributed by atoms with Crippen LogP contribution in [-0.2, 0) is 24.0 Å². The Labute approximate surface area is 174 Å². The van der Waals surface area contributed by atoms with Crippen LogP contribution in [-0.4, -0.2) is 71.7 Å². The number of nitrogens with two attached hydrogens (primary N) is 3. The average molecular weight is 435 g/mol. The maximum absolute atomic E-state index is 12.5. The minimum Gasteiger partial charge on any atom is -0.480 e. The second-order valence-electron chi connectivity index (χ2n) is 6.26. The molecule has 12 nitrogen and oxygen atoms in total. The molecule has 29 heavy (non-hydrogen) atoms. The molecule has 0 bridgehead atoms. The van der Waals surface area contributed by atoms with Gasteiger partial charge in [-0.25, -0.2) is 4.79 Å². The number of amides is 4. The van der Waals surface area contributed by atoms with E-state index in [-0.39, 0.29) is 31.6 Å². The molecule has 13 heteroatoms. The van der Waals surface area contributed by atoms with Gasteiger partial charge in [0.2, 0.25) is 23.6 Å². The largest absolute Gasteiger partial charge is 0.480 e. The fourth-order valence-electron chi connectivity index (χ4n) is 2.30. The van der Waals surface area contributed by atoms with Crippen LogP contribution < -0.4 is 33.2 Å². The number of hydrogen-bond acceptors (Lipinski definition) is 8. The SMILES string of the molecule is NCCCCC(NC(=O)CN)C(=O)NC(CS)C(=O)NC(CCC(N)=O)C(=O)O. The smallest absolute Gasteiger partial charge is 0.326 e. The van der Waals surface area contributed by atoms with E-state index in [2.05, 4.69) is 28.6 Å². The van der Waals surface area contributed by atoms with Crippen molar-refractivity contribution in [1.82, 2.24) is 16.0 Å². The zero-order valence-electron chi connectivity index (χ0n) is 16.1. The van der Waals surface area contributed by atoms with Gasteiger partial charge >= 0.3 is 5.97 Å². The van der Waals surface area contributed by atoms with Crippen LogP contribution in [0.15, 0.2) is 0 Å². The highest BCUT2D eigenvalue weighted by Crippen LogP contribution is 2.03. The summed E-state index contributed by atoms with van der Waals surface area (Å²) in [5.41, 5.74) is 15.7. The predicted molar refractivity (Wildman–Crippen MR) is 108 cm³/mol. The quantitative estimate of drug-likeness (QED) is 0.0966. The molecule has 3 unspecified atom stereocenters. The lowest BCUT2D eigenvalue weighted by Crippen LogP contribution is -2.56. The molecular weight excluding hydrogens is 404 g/mol. The number of hydrogen-bond donors (Lipinski definition) is 8. The van der Waals surface area contributed by atoms with Gasteiger partial charge in [0.1, 0.15) is 18.1 Å². The molecule has 0 spiro atoms. The Morgan fingerprint density at radius 2 is 1.45 bits per heavy atom. The normalized spacial score (nSPS) is 13.6. The lowest BCUT2D eigenvalue weighted by atomic mass is 10.1. The maximum atomic E-state index is 12.5. The molecule has 0 saturated heterocycles. The first-order valence-electron chi connectivity index (χ1n) is 9.08. The first kappa shape index (κ1) is 26.6. The van der Waals surface area contributed by atoms with E-state index in [1.165, 1.54) is 0 Å². The molecule has 0 saturated carbocycles. The van der Waals surface area contributed by atoms with Crippen LogP contribution in [0.4, 0.5) is 0 Å². The summed E-state index contributed by atoms with van der Waals surface area (Å²) in [5.74, 6) is -4.15. The van der Waals surface area contributed by atoms with Gasteiger partial charge in [-0.2, -0.15) is 12.6 Å². The maximum Gasteiger partial charge on any atom is 0.326 e. The van der Waals surface area contributed by atoms with Crippen molar-refractivity contribution in [2.75, 3.05) is 18.8 Å². The fraction of sp³-hybridized carbons (Fsp3) is 0.688. The van der Waals surface area contributed by atoms with Crippen molar-refractivity contribution in [2.24, 2.45) is 17.2 Å². The number of carboxylic acid groups (broad SMARTS) is 1. The Morgan fingerprint density at radius 1 is 0.862 bits per heavy atom. The van der Waals surface area contributed by atoms with Crippen molar-refractivity contribution in [1.29, 1.82) is 0 Å². The first-order chi connectivity index (χ1) is 13.7. The number of carbonyl (C=O) groups excluding carboxylic acids is 4. The molecule has 0 rings (SSSR count). The number of unbranched alkanes of at least 4 members (excludes halogenated alkanes) is 1. The van der Waals surface area contributed by atoms with Gasteiger partial charge < -0.3 is 38.3 Å². The van der Waals surface area contributed by atoms with Crippen molar-refractivity contribution in [2.45, 2.75) is 50.2 Å². The Hall–Kier alpha value is -2.38. The molecule has 166 valence electrons. The van der Waals surface area contributed by atoms with Gasteiger partial charge in [0, 0.05) is 12.2 Å². The minimum atomic E-state index is -1.36. The van der Waals surface area contributed by atoms with Crippen LogP contribution in [0.1, 0.15) is 32.1 Å². The standard InChI is InChI=1S/C16H30N6O6S/c17-6-2-1-3-9(20-13(24)7-18)14(25)22-11(8-29)15(26)21-10(16(27)28)4-5-12(19)23/h9-11,29H,1-8,17-18H2,(H2,19,23)(H,20,24)(H,21,26)(H,22,25)(H,27,28). The van der Waals surface area contributed by atoms with E-state index < -0.39 is 47.7 Å². The van der Waals surface area contributed by atoms with Gasteiger partial charge in [-0.3, -0.25) is 19.2 Å². The number of primary amides is 1. The molecule has 0 aromatic heterocycles. The molecular formula is C16H30N6O6S. The van der Waals surface area contributed by atoms with E-state index in [1.54, 1.807) is 0 Å². The number of thiol groups is 1. The molecule has 3 atom stereocenters. The number of aliphatic carboxylic acids is 1. The van der Waals surface area contributed by atoms with Crippen molar-refractivity contribution in [3.63, 3.8) is 0 Å². The van der Waals surface area contributed by atoms with Crippen LogP contribution >= 0.6 is 12.6 Å². The molecule has 0 aromatic rings. The second-order valence-corrected chi connectivity index (χ2v) is 6.62. The number of carbonyl (C=O) groups is 5. The number of carboxylic acids is 1. The Bertz CT molecular complexity index is 590. The highest BCUT2D eigenvalue weighted by molar-refractivity contribution is 7.80. The van der Waals surface area contributed by atoms with Gasteiger partial charge in [0.15, 0.2) is 0 Å². The summed E-state index contributed by atoms with van der Waals surface area (Å²) in [7, 11) is 0. The van der Waals surface area contributed by atoms with Crippen molar-refractivity contribution >= 4 is 42.2 Å². The summed E-state index contributed by atoms with van der Waals surface area (Å²) >= 11 is 4.01. The summed E-state index contributed by atoms with van der Waals surface area (Å²) in [4.78, 5) is 58.5. The van der Waals surface area contributed by atoms with Crippen LogP contribution in [0.3, 0.4) is 0 Å². The lowest BCUT2D eigenvalue weighted by Gasteiger charge is -2.23. The molecule has 0 radical (unpaired) electrons. The van der Waals surface area contributed by atoms with Gasteiger partial charge in [-0.05, 0) is 32.2 Å². The van der Waals surface area contributed by atoms with Gasteiger partial charge in [-0.1, -0.05) is 0 Å². The minimum absolute atomic E-state index is 0.125. The lowest BCUT2D eigenvalue weighted by molar-refractivity contribution is -0.142. The molecule has 10 N–H and O–H groups in total. The highest BCUT2D eigenvalue weighted by Gasteiger charge is 2.28. The average Bonchev–Trinajstić information content (AvgIpc) is 2.67. The van der Waals surface area contributed by atoms with Crippen LogP contribution in [0.2, 0.25) is 0 Å². The fourth-order valence-corrected chi connectivity index (χ4v) is 2.55. The third-order valence-electron chi connectivity index (χ3n) is 3.89. The summed E-state index contributed by atoms with van der Waals surface area (Å²) < 4.78 is 0. The van der Waals surface area contributed by atoms with E-state index in [1.807, 2.05) is 0 Å². The third-order valence-corrected chi connectivity index (χ3v) is 4.26. The molecule has 0 fully saturated rings. The molecule has 0 heterocycles. The highest BCUT2D eigenvalue weighted by atomic mass is 32.1. The topological polar surface area (TPSA) is 220 Å². The molecule has 0 aromatic carbocycles. The summed E-state index contributed by atoms with van der Waals surface area (Å²) in [5, 5.41) is 16.3. The first-order valence-corrected chi connectivity index (χ1v) is 9.71. The third kappa shape index (κ3) is 11.3.